The minimum Gasteiger partial charge on any atom is -0.744 e. The van der Waals surface area contributed by atoms with Crippen molar-refractivity contribution in [2.75, 3.05) is 44.8 Å². The first-order valence-electron chi connectivity index (χ1n) is 28.3. The van der Waals surface area contributed by atoms with Crippen LogP contribution in [0.5, 0.6) is 5.75 Å². The van der Waals surface area contributed by atoms with Crippen molar-refractivity contribution in [3.8, 4) is 11.8 Å². The first kappa shape index (κ1) is 84.8. The van der Waals surface area contributed by atoms with Crippen LogP contribution in [0, 0.1) is 11.3 Å². The number of phenolic OH excluding ortho intramolecular Hbond substituents is 1. The van der Waals surface area contributed by atoms with Gasteiger partial charge in [0.05, 0.1) is 76.4 Å². The molecule has 510 valence electrons. The van der Waals surface area contributed by atoms with E-state index in [9.17, 15) is 71.8 Å². The maximum absolute atomic E-state index is 13.5. The van der Waals surface area contributed by atoms with Crippen molar-refractivity contribution in [1.82, 2.24) is 0 Å². The Hall–Kier alpha value is -9.13. The number of hydrogen-bond acceptors (Lipinski definition) is 34. The van der Waals surface area contributed by atoms with E-state index in [1.165, 1.54) is 109 Å². The maximum Gasteiger partial charge on any atom is 1.00 e. The SMILES string of the molecule is N#CC1=Cc2ccc(N=Nc3ccc(N)cc3N)cc2C(=O)/C1=N\Nc1ccc(N=Nc2ccc(N)cc2N)c(S(=O)(=O)[O-])c1.Nc1cc(O)ccc1N=Nc1ccc(Nc2ccc(N=Nc3cc4c(cc3S(=O)(=O)[O-])C=C(S(=O)(=O)[O-])/C(=N/Nc3ccccc3)C4=O)cc2S(=O)(=O)[O-])cc1.[Na+].[Na+].[Na+].[Na+]. The van der Waals surface area contributed by atoms with E-state index in [2.05, 4.69) is 67.3 Å². The summed E-state index contributed by atoms with van der Waals surface area (Å²) in [6.07, 6.45) is 2.15. The van der Waals surface area contributed by atoms with Crippen molar-refractivity contribution >= 4 is 172 Å². The van der Waals surface area contributed by atoms with Crippen LogP contribution < -0.4 is 163 Å². The molecule has 14 N–H and O–H groups in total. The van der Waals surface area contributed by atoms with Crippen molar-refractivity contribution in [2.45, 2.75) is 14.7 Å². The van der Waals surface area contributed by atoms with E-state index >= 15 is 0 Å². The third-order valence-corrected chi connectivity index (χ3v) is 17.5. The number of hydrazone groups is 2. The molecule has 2 aliphatic rings. The Balaban J connectivity index is 0.000000324. The molecule has 0 unspecified atom stereocenters. The number of azo groups is 4. The van der Waals surface area contributed by atoms with Crippen LogP contribution in [-0.2, 0) is 40.5 Å². The third-order valence-electron chi connectivity index (χ3n) is 14.0. The first-order valence-corrected chi connectivity index (χ1v) is 34.0. The van der Waals surface area contributed by atoms with Crippen molar-refractivity contribution in [3.63, 3.8) is 0 Å². The molecule has 0 atom stereocenters. The van der Waals surface area contributed by atoms with E-state index in [4.69, 9.17) is 28.7 Å². The van der Waals surface area contributed by atoms with Gasteiger partial charge in [-0.05, 0) is 169 Å². The normalized spacial score (nSPS) is 13.6. The Morgan fingerprint density at radius 1 is 0.400 bits per heavy atom. The zero-order valence-corrected chi connectivity index (χ0v) is 66.3. The molecular weight excluding hydrogens is 1480 g/mol. The number of carbonyl (C=O) groups excluding carboxylic acids is 2. The minimum atomic E-state index is -5.40. The Morgan fingerprint density at radius 2 is 0.867 bits per heavy atom. The summed E-state index contributed by atoms with van der Waals surface area (Å²) in [4.78, 5) is 23.3. The van der Waals surface area contributed by atoms with Gasteiger partial charge in [0, 0.05) is 34.3 Å². The molecule has 0 fully saturated rings. The fourth-order valence-corrected chi connectivity index (χ4v) is 11.8. The molecule has 0 aliphatic heterocycles. The van der Waals surface area contributed by atoms with Gasteiger partial charge in [0.1, 0.15) is 92.2 Å². The Labute approximate surface area is 685 Å². The molecule has 9 aromatic rings. The second kappa shape index (κ2) is 35.8. The molecule has 42 heteroatoms. The van der Waals surface area contributed by atoms with Crippen LogP contribution >= 0.6 is 0 Å². The van der Waals surface area contributed by atoms with E-state index in [0.29, 0.717) is 68.9 Å². The number of ketones is 2. The van der Waals surface area contributed by atoms with Crippen LogP contribution in [0.3, 0.4) is 0 Å². The summed E-state index contributed by atoms with van der Waals surface area (Å²) >= 11 is 0. The molecule has 0 heterocycles. The van der Waals surface area contributed by atoms with E-state index in [0.717, 1.165) is 18.2 Å². The van der Waals surface area contributed by atoms with Crippen LogP contribution in [0.15, 0.2) is 252 Å². The zero-order chi connectivity index (χ0) is 72.7. The third kappa shape index (κ3) is 21.5. The Bertz CT molecular complexity index is 5730. The van der Waals surface area contributed by atoms with Crippen molar-refractivity contribution in [1.29, 1.82) is 5.26 Å². The molecule has 2 aliphatic carbocycles. The number of para-hydroxylation sites is 1. The summed E-state index contributed by atoms with van der Waals surface area (Å²) in [5.41, 5.74) is 35.0. The van der Waals surface area contributed by atoms with Crippen LogP contribution in [0.1, 0.15) is 31.8 Å². The molecule has 0 saturated carbocycles. The van der Waals surface area contributed by atoms with Crippen molar-refractivity contribution in [2.24, 2.45) is 51.1 Å². The summed E-state index contributed by atoms with van der Waals surface area (Å²) in [6.45, 7) is 0. The van der Waals surface area contributed by atoms with Crippen LogP contribution in [0.4, 0.5) is 96.7 Å². The second-order valence-electron chi connectivity index (χ2n) is 21.1. The van der Waals surface area contributed by atoms with Gasteiger partial charge in [-0.2, -0.15) is 30.8 Å². The topological polar surface area (TPSA) is 597 Å². The minimum absolute atomic E-state index is 0. The van der Waals surface area contributed by atoms with Crippen molar-refractivity contribution in [3.05, 3.63) is 209 Å². The summed E-state index contributed by atoms with van der Waals surface area (Å²) in [7, 11) is -21.0. The fraction of sp³-hybridized carbons (Fsp3) is 0. The number of rotatable bonds is 18. The molecule has 105 heavy (non-hydrogen) atoms. The number of allylic oxidation sites excluding steroid dienone is 2. The zero-order valence-electron chi connectivity index (χ0n) is 55.0. The predicted octanol–water partition coefficient (Wildman–Crippen LogP) is -0.755. The molecule has 0 bridgehead atoms. The van der Waals surface area contributed by atoms with Gasteiger partial charge in [0.2, 0.25) is 11.6 Å². The number of nitrogens with two attached hydrogens (primary N) is 5. The molecule has 0 spiro atoms. The molecule has 9 aromatic carbocycles. The van der Waals surface area contributed by atoms with E-state index in [-0.39, 0.29) is 181 Å². The number of anilines is 9. The van der Waals surface area contributed by atoms with Crippen LogP contribution in [-0.4, -0.2) is 80.0 Å². The number of fused-ring (bicyclic) bond motifs is 2. The largest absolute Gasteiger partial charge is 1.00 e. The molecule has 0 saturated heterocycles. The van der Waals surface area contributed by atoms with Gasteiger partial charge < -0.3 is 57.3 Å². The van der Waals surface area contributed by atoms with Gasteiger partial charge in [-0.15, -0.1) is 25.6 Å². The number of nitrogens with one attached hydrogen (secondary N) is 3. The monoisotopic (exact) mass is 1530 g/mol. The van der Waals surface area contributed by atoms with Gasteiger partial charge in [-0.25, -0.2) is 33.7 Å². The van der Waals surface area contributed by atoms with Gasteiger partial charge >= 0.3 is 118 Å². The maximum atomic E-state index is 13.5. The van der Waals surface area contributed by atoms with Gasteiger partial charge in [-0.1, -0.05) is 24.3 Å². The molecular formula is C63H45N19Na4O15S4. The summed E-state index contributed by atoms with van der Waals surface area (Å²) in [6, 6.07) is 42.2. The standard InChI is InChI=1S/C34H26N8O11S3.C29H23N11O4S.4Na/c35-26-17-24(43)11-13-27(26)40-37-22-8-6-20(7-9-22)36-28-12-10-23(16-31(28)55(48,49)50)39-41-29-18-25-19(14-30(29)54(45,46)47)15-32(56(51,52)53)33(34(25)44)42-38-21-4-2-1-3-5-21;30-14-16-9-15-1-4-19(35-37-24-6-2-17(31)10-22(24)33)12-21(15)29(41)28(16)40-36-20-5-8-26(27(13-20)45(42,43)44)39-38-25-7-3-18(32)11-23(25)34;;;;/h1-18,36,38,43H,35H2,(H,45,46,47)(H,48,49,50)(H,51,52,53);1-13,36H,31-34H2,(H,42,43,44);;;;/q;;4*+1/p-4/b40-37?,41-39?,42-33-;37-35?,39-38?,40-28-;;;;. The van der Waals surface area contributed by atoms with Gasteiger partial charge in [0.25, 0.3) is 0 Å². The molecule has 34 nitrogen and oxygen atoms in total. The number of Topliss-reactive ketones (excluding diaryl/α,β-unsaturated/α-hetero) is 2. The summed E-state index contributed by atoms with van der Waals surface area (Å²) in [5.74, 6) is -1.80. The van der Waals surface area contributed by atoms with Crippen molar-refractivity contribution < 1.29 is 185 Å². The average Bonchev–Trinajstić information content (AvgIpc) is 0.753. The number of nitrogens with zero attached hydrogens (tertiary/aromatic N) is 11. The number of nitrogen functional groups attached to an aromatic ring is 5. The molecule has 0 amide bonds. The smallest absolute Gasteiger partial charge is 0.744 e. The number of carbonyl (C=O) groups is 2. The number of benzene rings is 9. The number of phenols is 1. The number of aromatic hydroxyl groups is 1. The quantitative estimate of drug-likeness (QED) is 0.0168. The fourth-order valence-electron chi connectivity index (χ4n) is 9.20. The van der Waals surface area contributed by atoms with Gasteiger partial charge in [0.15, 0.2) is 0 Å². The van der Waals surface area contributed by atoms with E-state index in [1.807, 2.05) is 6.07 Å². The number of hydrogen-bond donors (Lipinski definition) is 9. The molecule has 0 aromatic heterocycles. The molecule has 11 rings (SSSR count). The summed E-state index contributed by atoms with van der Waals surface area (Å²) < 4.78 is 146. The first-order chi connectivity index (χ1) is 47.8. The second-order valence-corrected chi connectivity index (χ2v) is 26.4. The Morgan fingerprint density at radius 3 is 1.44 bits per heavy atom. The average molecular weight is 1530 g/mol. The summed E-state index contributed by atoms with van der Waals surface area (Å²) in [5, 5.41) is 61.5. The van der Waals surface area contributed by atoms with Gasteiger partial charge in [-0.3, -0.25) is 20.4 Å². The Kier molecular flexibility index (Phi) is 28.9. The number of nitriles is 1. The van der Waals surface area contributed by atoms with Crippen LogP contribution in [0.2, 0.25) is 0 Å². The van der Waals surface area contributed by atoms with E-state index < -0.39 is 94.2 Å². The predicted molar refractivity (Wildman–Crippen MR) is 368 cm³/mol. The van der Waals surface area contributed by atoms with E-state index in [1.54, 1.807) is 48.5 Å². The molecule has 0 radical (unpaired) electrons. The van der Waals surface area contributed by atoms with Crippen LogP contribution in [0.25, 0.3) is 12.2 Å².